The van der Waals surface area contributed by atoms with Crippen molar-refractivity contribution in [1.29, 1.82) is 0 Å². The summed E-state index contributed by atoms with van der Waals surface area (Å²) in [6, 6.07) is 6.44. The maximum Gasteiger partial charge on any atom is 0.251 e. The second kappa shape index (κ2) is 8.61. The molecule has 2 unspecified atom stereocenters. The zero-order valence-electron chi connectivity index (χ0n) is 16.9. The van der Waals surface area contributed by atoms with E-state index in [1.165, 1.54) is 12.1 Å². The summed E-state index contributed by atoms with van der Waals surface area (Å²) >= 11 is 0. The maximum atomic E-state index is 12.1. The van der Waals surface area contributed by atoms with Crippen LogP contribution in [0.2, 0.25) is 0 Å². The minimum absolute atomic E-state index is 0.00890. The van der Waals surface area contributed by atoms with Crippen LogP contribution in [-0.4, -0.2) is 55.4 Å². The van der Waals surface area contributed by atoms with E-state index in [4.69, 9.17) is 4.74 Å². The van der Waals surface area contributed by atoms with Crippen LogP contribution >= 0.6 is 0 Å². The minimum atomic E-state index is -0.181. The maximum absolute atomic E-state index is 12.1. The number of aliphatic imine (C=N–C) groups is 1. The summed E-state index contributed by atoms with van der Waals surface area (Å²) in [5, 5.41) is 18.8. The molecule has 0 aliphatic heterocycles. The summed E-state index contributed by atoms with van der Waals surface area (Å²) < 4.78 is 5.67. The Labute approximate surface area is 161 Å². The molecule has 150 valence electrons. The molecule has 0 bridgehead atoms. The van der Waals surface area contributed by atoms with Crippen LogP contribution < -0.4 is 16.0 Å². The first kappa shape index (κ1) is 21.0. The van der Waals surface area contributed by atoms with Crippen molar-refractivity contribution in [2.24, 2.45) is 10.4 Å². The van der Waals surface area contributed by atoms with Gasteiger partial charge in [0, 0.05) is 37.2 Å². The highest BCUT2D eigenvalue weighted by molar-refractivity contribution is 5.94. The van der Waals surface area contributed by atoms with Crippen molar-refractivity contribution >= 4 is 11.9 Å². The first-order chi connectivity index (χ1) is 12.7. The number of rotatable bonds is 7. The van der Waals surface area contributed by atoms with Gasteiger partial charge in [0.2, 0.25) is 0 Å². The molecular formula is C20H32N4O3. The van der Waals surface area contributed by atoms with Gasteiger partial charge in [0.1, 0.15) is 5.75 Å². The molecular weight excluding hydrogens is 344 g/mol. The molecule has 0 saturated heterocycles. The molecule has 7 nitrogen and oxygen atoms in total. The van der Waals surface area contributed by atoms with E-state index >= 15 is 0 Å². The third-order valence-corrected chi connectivity index (χ3v) is 5.73. The summed E-state index contributed by atoms with van der Waals surface area (Å²) in [6.07, 6.45) is 0.915. The fourth-order valence-electron chi connectivity index (χ4n) is 3.26. The van der Waals surface area contributed by atoms with Crippen molar-refractivity contribution in [3.63, 3.8) is 0 Å². The van der Waals surface area contributed by atoms with Gasteiger partial charge >= 0.3 is 0 Å². The summed E-state index contributed by atoms with van der Waals surface area (Å²) in [7, 11) is 1.76. The number of hydrogen-bond acceptors (Lipinski definition) is 4. The number of hydrogen-bond donors (Lipinski definition) is 4. The Hall–Kier alpha value is -2.28. The molecule has 0 heterocycles. The van der Waals surface area contributed by atoms with Gasteiger partial charge in [-0.3, -0.25) is 9.79 Å². The fourth-order valence-corrected chi connectivity index (χ4v) is 3.26. The van der Waals surface area contributed by atoms with Gasteiger partial charge in [-0.2, -0.15) is 0 Å². The Balaban J connectivity index is 1.85. The lowest BCUT2D eigenvalue weighted by atomic mass is 9.56. The van der Waals surface area contributed by atoms with Crippen LogP contribution in [0.1, 0.15) is 44.5 Å². The number of methoxy groups -OCH3 is 1. The molecule has 1 amide bonds. The lowest BCUT2D eigenvalue weighted by Gasteiger charge is -2.59. The topological polar surface area (TPSA) is 95.0 Å². The average Bonchev–Trinajstić information content (AvgIpc) is 2.64. The lowest BCUT2D eigenvalue weighted by molar-refractivity contribution is -0.176. The van der Waals surface area contributed by atoms with Crippen molar-refractivity contribution in [2.45, 2.75) is 45.8 Å². The van der Waals surface area contributed by atoms with Crippen LogP contribution in [0.25, 0.3) is 0 Å². The quantitative estimate of drug-likeness (QED) is 0.331. The van der Waals surface area contributed by atoms with E-state index in [0.717, 1.165) is 18.9 Å². The Bertz CT molecular complexity index is 672. The minimum Gasteiger partial charge on any atom is -0.508 e. The largest absolute Gasteiger partial charge is 0.508 e. The highest BCUT2D eigenvalue weighted by Gasteiger charge is 2.58. The molecule has 1 aliphatic carbocycles. The number of amides is 1. The van der Waals surface area contributed by atoms with Gasteiger partial charge in [-0.15, -0.1) is 0 Å². The first-order valence-electron chi connectivity index (χ1n) is 9.40. The van der Waals surface area contributed by atoms with E-state index in [-0.39, 0.29) is 28.7 Å². The Kier molecular flexibility index (Phi) is 6.70. The van der Waals surface area contributed by atoms with Crippen molar-refractivity contribution in [3.8, 4) is 5.75 Å². The number of carbonyl (C=O) groups is 1. The molecule has 1 aliphatic rings. The van der Waals surface area contributed by atoms with Gasteiger partial charge in [-0.1, -0.05) is 13.8 Å². The van der Waals surface area contributed by atoms with E-state index < -0.39 is 0 Å². The molecule has 1 aromatic rings. The molecule has 2 rings (SSSR count). The van der Waals surface area contributed by atoms with Gasteiger partial charge in [-0.25, -0.2) is 0 Å². The molecule has 4 N–H and O–H groups in total. The normalized spacial score (nSPS) is 24.0. The highest BCUT2D eigenvalue weighted by atomic mass is 16.5. The van der Waals surface area contributed by atoms with Crippen LogP contribution in [0.15, 0.2) is 29.3 Å². The van der Waals surface area contributed by atoms with Crippen molar-refractivity contribution in [2.75, 3.05) is 26.7 Å². The first-order valence-corrected chi connectivity index (χ1v) is 9.40. The van der Waals surface area contributed by atoms with E-state index in [1.807, 2.05) is 6.92 Å². The third kappa shape index (κ3) is 4.71. The molecule has 1 aromatic carbocycles. The fraction of sp³-hybridized carbons (Fsp3) is 0.600. The van der Waals surface area contributed by atoms with Gasteiger partial charge in [-0.05, 0) is 44.5 Å². The molecule has 2 atom stereocenters. The number of phenols is 1. The number of phenolic OH excluding ortho intramolecular Hbond substituents is 1. The van der Waals surface area contributed by atoms with E-state index in [1.54, 1.807) is 19.2 Å². The van der Waals surface area contributed by atoms with E-state index in [0.29, 0.717) is 18.7 Å². The number of guanidine groups is 1. The van der Waals surface area contributed by atoms with Crippen LogP contribution in [0, 0.1) is 5.41 Å². The third-order valence-electron chi connectivity index (χ3n) is 5.73. The molecule has 7 heteroatoms. The smallest absolute Gasteiger partial charge is 0.251 e. The van der Waals surface area contributed by atoms with Gasteiger partial charge in [0.25, 0.3) is 5.91 Å². The van der Waals surface area contributed by atoms with Crippen molar-refractivity contribution in [3.05, 3.63) is 29.8 Å². The van der Waals surface area contributed by atoms with E-state index in [2.05, 4.69) is 41.7 Å². The standard InChI is InChI=1S/C20H32N4O3/c1-6-21-18(24-16-13-20(4,27-5)19(16,2)3)23-12-11-22-17(26)14-7-9-15(25)10-8-14/h7-10,16,25H,6,11-13H2,1-5H3,(H,22,26)(H2,21,23,24). The van der Waals surface area contributed by atoms with Crippen LogP contribution in [-0.2, 0) is 4.74 Å². The van der Waals surface area contributed by atoms with Crippen LogP contribution in [0.3, 0.4) is 0 Å². The monoisotopic (exact) mass is 376 g/mol. The molecule has 27 heavy (non-hydrogen) atoms. The summed E-state index contributed by atoms with van der Waals surface area (Å²) in [5.41, 5.74) is 0.363. The highest BCUT2D eigenvalue weighted by Crippen LogP contribution is 2.51. The lowest BCUT2D eigenvalue weighted by Crippen LogP contribution is -2.69. The molecule has 0 radical (unpaired) electrons. The summed E-state index contributed by atoms with van der Waals surface area (Å²) in [6.45, 7) is 10.2. The number of nitrogens with one attached hydrogen (secondary N) is 3. The number of ether oxygens (including phenoxy) is 1. The zero-order valence-corrected chi connectivity index (χ0v) is 16.9. The number of nitrogens with zero attached hydrogens (tertiary/aromatic N) is 1. The van der Waals surface area contributed by atoms with Crippen molar-refractivity contribution in [1.82, 2.24) is 16.0 Å². The molecule has 0 spiro atoms. The second-order valence-electron chi connectivity index (χ2n) is 7.62. The summed E-state index contributed by atoms with van der Waals surface area (Å²) in [5.74, 6) is 0.702. The second-order valence-corrected chi connectivity index (χ2v) is 7.62. The predicted octanol–water partition coefficient (Wildman–Crippen LogP) is 1.88. The number of aromatic hydroxyl groups is 1. The van der Waals surface area contributed by atoms with Crippen LogP contribution in [0.4, 0.5) is 0 Å². The SMILES string of the molecule is CCNC(=NCCNC(=O)c1ccc(O)cc1)NC1CC(C)(OC)C1(C)C. The predicted molar refractivity (Wildman–Crippen MR) is 107 cm³/mol. The Morgan fingerprint density at radius 2 is 1.93 bits per heavy atom. The van der Waals surface area contributed by atoms with E-state index in [9.17, 15) is 9.90 Å². The Morgan fingerprint density at radius 1 is 1.26 bits per heavy atom. The Morgan fingerprint density at radius 3 is 2.48 bits per heavy atom. The van der Waals surface area contributed by atoms with Gasteiger partial charge < -0.3 is 25.8 Å². The summed E-state index contributed by atoms with van der Waals surface area (Å²) in [4.78, 5) is 16.6. The van der Waals surface area contributed by atoms with Gasteiger partial charge in [0.05, 0.1) is 12.1 Å². The number of benzene rings is 1. The van der Waals surface area contributed by atoms with Crippen LogP contribution in [0.5, 0.6) is 5.75 Å². The zero-order chi connectivity index (χ0) is 20.1. The molecule has 1 saturated carbocycles. The molecule has 1 fully saturated rings. The number of carbonyl (C=O) groups excluding carboxylic acids is 1. The van der Waals surface area contributed by atoms with Gasteiger partial charge in [0.15, 0.2) is 5.96 Å². The van der Waals surface area contributed by atoms with Crippen molar-refractivity contribution < 1.29 is 14.6 Å². The molecule has 0 aromatic heterocycles. The average molecular weight is 377 g/mol.